The highest BCUT2D eigenvalue weighted by molar-refractivity contribution is 7.10. The highest BCUT2D eigenvalue weighted by atomic mass is 32.1. The summed E-state index contributed by atoms with van der Waals surface area (Å²) >= 11 is 1.84. The molecule has 0 radical (unpaired) electrons. The minimum absolute atomic E-state index is 0.301. The van der Waals surface area contributed by atoms with E-state index in [0.29, 0.717) is 23.8 Å². The molecule has 106 valence electrons. The Morgan fingerprint density at radius 1 is 1.50 bits per heavy atom. The van der Waals surface area contributed by atoms with Crippen LogP contribution >= 0.6 is 11.3 Å². The fourth-order valence-electron chi connectivity index (χ4n) is 4.37. The Kier molecular flexibility index (Phi) is 2.62. The number of alkyl halides is 1. The predicted molar refractivity (Wildman–Crippen MR) is 80.5 cm³/mol. The van der Waals surface area contributed by atoms with E-state index in [1.165, 1.54) is 10.4 Å². The zero-order chi connectivity index (χ0) is 13.9. The third-order valence-electron chi connectivity index (χ3n) is 5.47. The minimum Gasteiger partial charge on any atom is -0.350 e. The summed E-state index contributed by atoms with van der Waals surface area (Å²) in [4.78, 5) is 7.97. The van der Waals surface area contributed by atoms with Crippen molar-refractivity contribution in [2.45, 2.75) is 38.0 Å². The summed E-state index contributed by atoms with van der Waals surface area (Å²) in [7, 11) is 0. The van der Waals surface area contributed by atoms with Gasteiger partial charge in [-0.25, -0.2) is 9.38 Å². The van der Waals surface area contributed by atoms with Gasteiger partial charge >= 0.3 is 0 Å². The number of halogens is 1. The van der Waals surface area contributed by atoms with Gasteiger partial charge in [-0.05, 0) is 54.5 Å². The Morgan fingerprint density at radius 3 is 2.95 bits per heavy atom. The normalized spacial score (nSPS) is 42.0. The van der Waals surface area contributed by atoms with Crippen molar-refractivity contribution in [2.75, 3.05) is 0 Å². The van der Waals surface area contributed by atoms with E-state index in [0.717, 1.165) is 19.4 Å². The Morgan fingerprint density at radius 2 is 2.25 bits per heavy atom. The smallest absolute Gasteiger partial charge is 0.114 e. The van der Waals surface area contributed by atoms with E-state index >= 15 is 0 Å². The van der Waals surface area contributed by atoms with Gasteiger partial charge in [0.1, 0.15) is 5.67 Å². The van der Waals surface area contributed by atoms with Gasteiger partial charge in [-0.2, -0.15) is 0 Å². The van der Waals surface area contributed by atoms with Crippen LogP contribution in [0.3, 0.4) is 0 Å². The monoisotopic (exact) mass is 290 g/mol. The largest absolute Gasteiger partial charge is 0.350 e. The van der Waals surface area contributed by atoms with E-state index in [1.54, 1.807) is 13.1 Å². The van der Waals surface area contributed by atoms with Crippen LogP contribution in [0.2, 0.25) is 0 Å². The summed E-state index contributed by atoms with van der Waals surface area (Å²) in [6.07, 6.45) is 5.54. The molecule has 0 bridgehead atoms. The number of hydrogen-bond donors (Lipinski definition) is 0. The lowest BCUT2D eigenvalue weighted by atomic mass is 9.91. The van der Waals surface area contributed by atoms with Crippen molar-refractivity contribution in [1.29, 1.82) is 0 Å². The standard InChI is InChI=1S/C16H19FN2S/c1-3-18-9-19-8-10-4-5-20-15(10)14(19)11-6-12-13(7-11)16(12,2)17/h3-5,9,11-14H,1,6-8H2,2H3. The molecule has 2 saturated carbocycles. The maximum atomic E-state index is 14.1. The summed E-state index contributed by atoms with van der Waals surface area (Å²) < 4.78 is 14.1. The second-order valence-corrected chi connectivity index (χ2v) is 7.42. The zero-order valence-electron chi connectivity index (χ0n) is 11.6. The molecule has 20 heavy (non-hydrogen) atoms. The van der Waals surface area contributed by atoms with Crippen molar-refractivity contribution >= 4 is 17.7 Å². The van der Waals surface area contributed by atoms with Crippen molar-refractivity contribution < 1.29 is 4.39 Å². The molecule has 1 aromatic heterocycles. The molecule has 4 rings (SSSR count). The van der Waals surface area contributed by atoms with E-state index < -0.39 is 5.67 Å². The second-order valence-electron chi connectivity index (χ2n) is 6.47. The maximum Gasteiger partial charge on any atom is 0.114 e. The van der Waals surface area contributed by atoms with Gasteiger partial charge in [0.25, 0.3) is 0 Å². The lowest BCUT2D eigenvalue weighted by Gasteiger charge is -2.29. The van der Waals surface area contributed by atoms with Gasteiger partial charge in [-0.1, -0.05) is 6.58 Å². The molecule has 1 aromatic rings. The van der Waals surface area contributed by atoms with E-state index in [2.05, 4.69) is 27.9 Å². The molecule has 0 spiro atoms. The van der Waals surface area contributed by atoms with Crippen molar-refractivity contribution in [1.82, 2.24) is 4.90 Å². The van der Waals surface area contributed by atoms with Crippen LogP contribution in [-0.4, -0.2) is 16.9 Å². The molecule has 1 aliphatic heterocycles. The Balaban J connectivity index is 1.58. The molecule has 3 atom stereocenters. The van der Waals surface area contributed by atoms with Crippen molar-refractivity contribution in [3.63, 3.8) is 0 Å². The molecule has 2 heterocycles. The maximum absolute atomic E-state index is 14.1. The number of rotatable bonds is 3. The fourth-order valence-corrected chi connectivity index (χ4v) is 5.50. The molecule has 3 unspecified atom stereocenters. The number of nitrogens with zero attached hydrogens (tertiary/aromatic N) is 2. The lowest BCUT2D eigenvalue weighted by molar-refractivity contribution is 0.190. The van der Waals surface area contributed by atoms with E-state index in [9.17, 15) is 4.39 Å². The minimum atomic E-state index is -0.882. The molecule has 0 aromatic carbocycles. The SMILES string of the molecule is C=CN=CN1Cc2ccsc2C1C1CC2C(C1)C2(C)F. The topological polar surface area (TPSA) is 15.6 Å². The van der Waals surface area contributed by atoms with Gasteiger partial charge in [0.2, 0.25) is 0 Å². The van der Waals surface area contributed by atoms with Gasteiger partial charge in [0.05, 0.1) is 12.4 Å². The number of aliphatic imine (C=N–C) groups is 1. The van der Waals surface area contributed by atoms with E-state index in [-0.39, 0.29) is 0 Å². The molecule has 3 aliphatic rings. The fraction of sp³-hybridized carbons (Fsp3) is 0.562. The van der Waals surface area contributed by atoms with Crippen molar-refractivity contribution in [2.24, 2.45) is 22.7 Å². The first-order chi connectivity index (χ1) is 9.63. The Labute approximate surface area is 123 Å². The summed E-state index contributed by atoms with van der Waals surface area (Å²) in [6.45, 7) is 6.36. The van der Waals surface area contributed by atoms with Crippen LogP contribution in [0.4, 0.5) is 4.39 Å². The molecule has 0 saturated heterocycles. The van der Waals surface area contributed by atoms with Gasteiger partial charge in [0.15, 0.2) is 0 Å². The van der Waals surface area contributed by atoms with E-state index in [1.807, 2.05) is 17.7 Å². The third-order valence-corrected chi connectivity index (χ3v) is 6.50. The van der Waals surface area contributed by atoms with Crippen LogP contribution in [0.1, 0.15) is 36.2 Å². The van der Waals surface area contributed by atoms with Gasteiger partial charge in [-0.15, -0.1) is 11.3 Å². The van der Waals surface area contributed by atoms with Crippen molar-refractivity contribution in [3.05, 3.63) is 34.7 Å². The summed E-state index contributed by atoms with van der Waals surface area (Å²) in [5, 5.41) is 2.18. The van der Waals surface area contributed by atoms with Crippen LogP contribution < -0.4 is 0 Å². The highest BCUT2D eigenvalue weighted by Crippen LogP contribution is 2.67. The van der Waals surface area contributed by atoms with Crippen molar-refractivity contribution in [3.8, 4) is 0 Å². The number of hydrogen-bond acceptors (Lipinski definition) is 2. The van der Waals surface area contributed by atoms with Crippen LogP contribution in [0.15, 0.2) is 29.2 Å². The van der Waals surface area contributed by atoms with Crippen LogP contribution in [-0.2, 0) is 6.54 Å². The third kappa shape index (κ3) is 1.63. The molecule has 2 nitrogen and oxygen atoms in total. The highest BCUT2D eigenvalue weighted by Gasteiger charge is 2.67. The molecule has 0 N–H and O–H groups in total. The first kappa shape index (κ1) is 12.6. The Bertz CT molecular complexity index is 563. The number of thiophene rings is 1. The number of fused-ring (bicyclic) bond motifs is 2. The first-order valence-electron chi connectivity index (χ1n) is 7.28. The quantitative estimate of drug-likeness (QED) is 0.603. The van der Waals surface area contributed by atoms with Crippen LogP contribution in [0.5, 0.6) is 0 Å². The molecule has 2 fully saturated rings. The molecular formula is C16H19FN2S. The van der Waals surface area contributed by atoms with Crippen LogP contribution in [0.25, 0.3) is 0 Å². The summed E-state index contributed by atoms with van der Waals surface area (Å²) in [6, 6.07) is 2.61. The first-order valence-corrected chi connectivity index (χ1v) is 8.16. The average Bonchev–Trinajstić information content (AvgIpc) is 2.93. The molecule has 2 aliphatic carbocycles. The average molecular weight is 290 g/mol. The van der Waals surface area contributed by atoms with Gasteiger partial charge in [0, 0.05) is 17.6 Å². The molecular weight excluding hydrogens is 271 g/mol. The molecule has 4 heteroatoms. The lowest BCUT2D eigenvalue weighted by Crippen LogP contribution is -2.27. The van der Waals surface area contributed by atoms with Gasteiger partial charge in [-0.3, -0.25) is 0 Å². The van der Waals surface area contributed by atoms with Gasteiger partial charge < -0.3 is 4.90 Å². The van der Waals surface area contributed by atoms with E-state index in [4.69, 9.17) is 0 Å². The Hall–Kier alpha value is -1.16. The zero-order valence-corrected chi connectivity index (χ0v) is 12.4. The summed E-state index contributed by atoms with van der Waals surface area (Å²) in [5.74, 6) is 1.18. The van der Waals surface area contributed by atoms with Crippen LogP contribution in [0, 0.1) is 17.8 Å². The summed E-state index contributed by atoms with van der Waals surface area (Å²) in [5.41, 5.74) is 0.534. The molecule has 0 amide bonds. The predicted octanol–water partition coefficient (Wildman–Crippen LogP) is 4.16. The second kappa shape index (κ2) is 4.17.